The molecule has 0 amide bonds. The smallest absolute Gasteiger partial charge is 0.382 e. The van der Waals surface area contributed by atoms with E-state index in [-0.39, 0.29) is 6.04 Å². The number of nitrogens with one attached hydrogen (secondary N) is 2. The topological polar surface area (TPSA) is 64.5 Å². The first-order valence-electron chi connectivity index (χ1n) is 17.5. The number of hydrogen-bond acceptors (Lipinski definition) is 4. The predicted molar refractivity (Wildman–Crippen MR) is 197 cm³/mol. The molecule has 5 rings (SSSR count). The average Bonchev–Trinajstić information content (AvgIpc) is 3.10. The summed E-state index contributed by atoms with van der Waals surface area (Å²) in [6.45, 7) is 11.6. The Bertz CT molecular complexity index is 1840. The van der Waals surface area contributed by atoms with Crippen molar-refractivity contribution in [1.82, 2.24) is 4.72 Å². The molecule has 0 radical (unpaired) electrons. The largest absolute Gasteiger partial charge is 0.511 e. The van der Waals surface area contributed by atoms with Crippen LogP contribution in [-0.4, -0.2) is 56.4 Å². The van der Waals surface area contributed by atoms with E-state index in [9.17, 15) is 21.6 Å². The number of allylic oxidation sites excluding steroid dienone is 5. The Kier molecular flexibility index (Phi) is 11.7. The van der Waals surface area contributed by atoms with Crippen LogP contribution >= 0.6 is 0 Å². The van der Waals surface area contributed by atoms with Crippen molar-refractivity contribution in [2.24, 2.45) is 0 Å². The lowest BCUT2D eigenvalue weighted by Crippen LogP contribution is -2.36. The van der Waals surface area contributed by atoms with Gasteiger partial charge in [0, 0.05) is 54.6 Å². The fraction of sp³-hybridized carbons (Fsp3) is 0.410. The highest BCUT2D eigenvalue weighted by Gasteiger charge is 2.45. The highest BCUT2D eigenvalue weighted by atomic mass is 32.2. The number of halogens is 3. The van der Waals surface area contributed by atoms with Gasteiger partial charge in [0.2, 0.25) is 0 Å². The summed E-state index contributed by atoms with van der Waals surface area (Å²) in [5.74, 6) is 0. The van der Waals surface area contributed by atoms with Gasteiger partial charge in [0.15, 0.2) is 5.71 Å². The zero-order valence-corrected chi connectivity index (χ0v) is 29.7. The molecule has 0 bridgehead atoms. The number of nitrogens with zero attached hydrogens (tertiary/aromatic N) is 2. The summed E-state index contributed by atoms with van der Waals surface area (Å²) in [6.07, 6.45) is 13.9. The molecule has 0 aromatic heterocycles. The van der Waals surface area contributed by atoms with Crippen LogP contribution in [0, 0.1) is 0 Å². The van der Waals surface area contributed by atoms with Crippen LogP contribution in [0.15, 0.2) is 84.5 Å². The molecule has 3 aromatic rings. The number of fused-ring (bicyclic) bond motifs is 1. The van der Waals surface area contributed by atoms with Crippen molar-refractivity contribution in [3.05, 3.63) is 101 Å². The van der Waals surface area contributed by atoms with Crippen molar-refractivity contribution in [3.63, 3.8) is 0 Å². The molecule has 49 heavy (non-hydrogen) atoms. The molecule has 262 valence electrons. The average molecular weight is 694 g/mol. The third-order valence-corrected chi connectivity index (χ3v) is 10.8. The van der Waals surface area contributed by atoms with Gasteiger partial charge in [-0.05, 0) is 104 Å². The minimum Gasteiger partial charge on any atom is -0.382 e. The Morgan fingerprint density at radius 3 is 2.10 bits per heavy atom. The lowest BCUT2D eigenvalue weighted by atomic mass is 9.86. The summed E-state index contributed by atoms with van der Waals surface area (Å²) in [4.78, 5) is 2.29. The van der Waals surface area contributed by atoms with E-state index in [0.717, 1.165) is 96.6 Å². The van der Waals surface area contributed by atoms with Gasteiger partial charge in [-0.1, -0.05) is 55.7 Å². The maximum absolute atomic E-state index is 13.4. The molecule has 1 saturated carbocycles. The molecule has 0 spiro atoms. The van der Waals surface area contributed by atoms with E-state index in [1.54, 1.807) is 12.1 Å². The summed E-state index contributed by atoms with van der Waals surface area (Å²) in [7, 11) is -5.53. The predicted octanol–water partition coefficient (Wildman–Crippen LogP) is 8.79. The van der Waals surface area contributed by atoms with Gasteiger partial charge in [-0.3, -0.25) is 0 Å². The molecule has 0 unspecified atom stereocenters. The van der Waals surface area contributed by atoms with Gasteiger partial charge in [0.05, 0.1) is 0 Å². The highest BCUT2D eigenvalue weighted by molar-refractivity contribution is 7.90. The molecule has 0 heterocycles. The number of benzene rings is 3. The lowest BCUT2D eigenvalue weighted by Gasteiger charge is -2.26. The Morgan fingerprint density at radius 1 is 0.857 bits per heavy atom. The molecule has 0 aliphatic heterocycles. The Morgan fingerprint density at radius 2 is 1.51 bits per heavy atom. The Labute approximate surface area is 289 Å². The maximum Gasteiger partial charge on any atom is 0.511 e. The molecule has 3 aromatic carbocycles. The van der Waals surface area contributed by atoms with Crippen molar-refractivity contribution < 1.29 is 26.2 Å². The second-order valence-electron chi connectivity index (χ2n) is 12.6. The lowest BCUT2D eigenvalue weighted by molar-refractivity contribution is -0.519. The van der Waals surface area contributed by atoms with Crippen LogP contribution in [0.5, 0.6) is 0 Å². The molecule has 1 fully saturated rings. The van der Waals surface area contributed by atoms with Crippen LogP contribution in [-0.2, 0) is 16.6 Å². The van der Waals surface area contributed by atoms with E-state index < -0.39 is 22.1 Å². The SMILES string of the molecule is CCN(CC)c1ccc(C(=C2C=CC(=[N+](CC)CC)C=C2)c2ccc(NC3CCCCC3)c3c(CNS(=O)(=O)C(F)(F)F)cccc23)cc1. The van der Waals surface area contributed by atoms with E-state index >= 15 is 0 Å². The monoisotopic (exact) mass is 693 g/mol. The van der Waals surface area contributed by atoms with Gasteiger partial charge in [-0.15, -0.1) is 0 Å². The van der Waals surface area contributed by atoms with Crippen LogP contribution in [0.4, 0.5) is 24.5 Å². The first-order chi connectivity index (χ1) is 23.5. The second kappa shape index (κ2) is 15.8. The fourth-order valence-electron chi connectivity index (χ4n) is 7.02. The minimum atomic E-state index is -5.53. The minimum absolute atomic E-state index is 0.228. The van der Waals surface area contributed by atoms with Crippen LogP contribution < -0.4 is 14.9 Å². The van der Waals surface area contributed by atoms with E-state index in [1.807, 2.05) is 16.9 Å². The van der Waals surface area contributed by atoms with Crippen LogP contribution in [0.2, 0.25) is 0 Å². The van der Waals surface area contributed by atoms with Gasteiger partial charge >= 0.3 is 15.5 Å². The second-order valence-corrected chi connectivity index (χ2v) is 14.3. The van der Waals surface area contributed by atoms with Crippen molar-refractivity contribution in [3.8, 4) is 0 Å². The molecule has 6 nitrogen and oxygen atoms in total. The Hall–Kier alpha value is -3.89. The zero-order chi connectivity index (χ0) is 35.2. The maximum atomic E-state index is 13.4. The molecule has 2 aliphatic carbocycles. The van der Waals surface area contributed by atoms with E-state index in [0.29, 0.717) is 10.9 Å². The van der Waals surface area contributed by atoms with E-state index in [4.69, 9.17) is 0 Å². The summed E-state index contributed by atoms with van der Waals surface area (Å²) in [5, 5.41) is 5.23. The fourth-order valence-corrected chi connectivity index (χ4v) is 7.53. The van der Waals surface area contributed by atoms with Crippen molar-refractivity contribution in [2.75, 3.05) is 36.4 Å². The van der Waals surface area contributed by atoms with Gasteiger partial charge in [0.25, 0.3) is 0 Å². The summed E-state index contributed by atoms with van der Waals surface area (Å²) < 4.78 is 68.3. The van der Waals surface area contributed by atoms with Crippen molar-refractivity contribution in [2.45, 2.75) is 77.9 Å². The normalized spacial score (nSPS) is 15.6. The molecular formula is C39H48F3N4O2S+. The van der Waals surface area contributed by atoms with Crippen molar-refractivity contribution >= 4 is 43.5 Å². The number of sulfonamides is 1. The summed E-state index contributed by atoms with van der Waals surface area (Å²) >= 11 is 0. The van der Waals surface area contributed by atoms with E-state index in [1.165, 1.54) is 6.42 Å². The number of anilines is 2. The first kappa shape index (κ1) is 36.4. The molecular weight excluding hydrogens is 646 g/mol. The Balaban J connectivity index is 1.72. The third kappa shape index (κ3) is 8.13. The molecule has 2 N–H and O–H groups in total. The van der Waals surface area contributed by atoms with Gasteiger partial charge in [0.1, 0.15) is 13.1 Å². The quantitative estimate of drug-likeness (QED) is 0.186. The molecule has 0 saturated heterocycles. The first-order valence-corrected chi connectivity index (χ1v) is 18.9. The molecule has 2 aliphatic rings. The standard InChI is InChI=1S/C39H47F3N4O2S/c1-5-45(6-2)32-21-17-28(18-22-32)37(29-19-23-33(24-20-29)46(7-3)8-4)35-25-26-36(44-31-14-10-9-11-15-31)38-30(13-12-16-34(35)38)27-43-49(47,48)39(40,41)42/h12-13,16-26,31,43H,5-11,14-15,27H2,1-4H3/p+1. The third-order valence-electron chi connectivity index (χ3n) is 9.69. The van der Waals surface area contributed by atoms with Crippen LogP contribution in [0.3, 0.4) is 0 Å². The number of rotatable bonds is 12. The van der Waals surface area contributed by atoms with Crippen LogP contribution in [0.1, 0.15) is 76.5 Å². The molecule has 10 heteroatoms. The van der Waals surface area contributed by atoms with E-state index in [2.05, 4.69) is 97.1 Å². The zero-order valence-electron chi connectivity index (χ0n) is 28.9. The van der Waals surface area contributed by atoms with Gasteiger partial charge in [-0.25, -0.2) is 17.7 Å². The summed E-state index contributed by atoms with van der Waals surface area (Å²) in [6, 6.07) is 18.3. The number of alkyl halides is 3. The number of hydrogen-bond donors (Lipinski definition) is 2. The highest BCUT2D eigenvalue weighted by Crippen LogP contribution is 2.40. The van der Waals surface area contributed by atoms with Gasteiger partial charge in [-0.2, -0.15) is 13.2 Å². The van der Waals surface area contributed by atoms with Gasteiger partial charge < -0.3 is 10.2 Å². The molecule has 0 atom stereocenters. The summed E-state index contributed by atoms with van der Waals surface area (Å²) in [5.41, 5.74) is 2.02. The van der Waals surface area contributed by atoms with Crippen molar-refractivity contribution in [1.29, 1.82) is 0 Å². The van der Waals surface area contributed by atoms with Crippen LogP contribution in [0.25, 0.3) is 16.3 Å².